The van der Waals surface area contributed by atoms with Crippen LogP contribution in [0.2, 0.25) is 0 Å². The maximum absolute atomic E-state index is 11.5. The highest BCUT2D eigenvalue weighted by Gasteiger charge is 2.10. The lowest BCUT2D eigenvalue weighted by molar-refractivity contribution is -0.402. The van der Waals surface area contributed by atoms with E-state index in [-0.39, 0.29) is 12.4 Å². The first-order chi connectivity index (χ1) is 10.5. The third kappa shape index (κ3) is 4.70. The molecule has 0 atom stereocenters. The third-order valence-corrected chi connectivity index (χ3v) is 2.89. The molecule has 0 bridgehead atoms. The predicted octanol–water partition coefficient (Wildman–Crippen LogP) is 2.48. The zero-order valence-electron chi connectivity index (χ0n) is 11.1. The first-order valence-electron chi connectivity index (χ1n) is 5.99. The molecule has 8 nitrogen and oxygen atoms in total. The normalized spacial score (nSPS) is 10.6. The fourth-order valence-corrected chi connectivity index (χ4v) is 1.65. The van der Waals surface area contributed by atoms with Crippen molar-refractivity contribution in [2.75, 3.05) is 6.61 Å². The summed E-state index contributed by atoms with van der Waals surface area (Å²) in [5.74, 6) is -0.170. The zero-order chi connectivity index (χ0) is 15.9. The Morgan fingerprint density at radius 3 is 2.73 bits per heavy atom. The summed E-state index contributed by atoms with van der Waals surface area (Å²) in [6.45, 7) is -0.211. The van der Waals surface area contributed by atoms with Gasteiger partial charge in [-0.2, -0.15) is 5.10 Å². The van der Waals surface area contributed by atoms with Crippen molar-refractivity contribution in [1.82, 2.24) is 5.43 Å². The molecule has 1 N–H and O–H groups in total. The molecule has 0 aliphatic rings. The van der Waals surface area contributed by atoms with Crippen LogP contribution >= 0.6 is 15.9 Å². The molecule has 1 heterocycles. The van der Waals surface area contributed by atoms with E-state index in [1.165, 1.54) is 12.1 Å². The van der Waals surface area contributed by atoms with Crippen LogP contribution in [0.1, 0.15) is 5.76 Å². The standard InChI is InChI=1S/C13H10BrN3O5/c14-9-1-3-10(4-2-9)21-8-12(18)16-15-7-11-5-6-13(22-11)17(19)20/h1-7H,8H2,(H,16,18). The predicted molar refractivity (Wildman–Crippen MR) is 80.7 cm³/mol. The van der Waals surface area contributed by atoms with E-state index in [2.05, 4.69) is 26.5 Å². The number of amides is 1. The van der Waals surface area contributed by atoms with Crippen LogP contribution in [0.4, 0.5) is 5.88 Å². The summed E-state index contributed by atoms with van der Waals surface area (Å²) in [4.78, 5) is 21.2. The van der Waals surface area contributed by atoms with Crippen LogP contribution in [0, 0.1) is 10.1 Å². The fraction of sp³-hybridized carbons (Fsp3) is 0.0769. The van der Waals surface area contributed by atoms with E-state index in [1.54, 1.807) is 24.3 Å². The first-order valence-corrected chi connectivity index (χ1v) is 6.78. The number of nitro groups is 1. The maximum Gasteiger partial charge on any atom is 0.433 e. The molecule has 1 aromatic carbocycles. The molecule has 0 aliphatic carbocycles. The lowest BCUT2D eigenvalue weighted by atomic mass is 10.3. The number of furan rings is 1. The summed E-state index contributed by atoms with van der Waals surface area (Å²) < 4.78 is 11.0. The molecule has 1 amide bonds. The van der Waals surface area contributed by atoms with Crippen LogP contribution in [0.25, 0.3) is 0 Å². The number of carbonyl (C=O) groups is 1. The van der Waals surface area contributed by atoms with Crippen LogP contribution in [-0.2, 0) is 4.79 Å². The molecule has 0 unspecified atom stereocenters. The number of nitrogens with one attached hydrogen (secondary N) is 1. The van der Waals surface area contributed by atoms with Gasteiger partial charge in [-0.1, -0.05) is 15.9 Å². The van der Waals surface area contributed by atoms with Crippen molar-refractivity contribution in [2.45, 2.75) is 0 Å². The van der Waals surface area contributed by atoms with E-state index in [0.29, 0.717) is 5.75 Å². The number of nitrogens with zero attached hydrogens (tertiary/aromatic N) is 2. The summed E-state index contributed by atoms with van der Waals surface area (Å²) in [7, 11) is 0. The van der Waals surface area contributed by atoms with Crippen LogP contribution < -0.4 is 10.2 Å². The Kier molecular flexibility index (Phi) is 5.26. The highest BCUT2D eigenvalue weighted by molar-refractivity contribution is 9.10. The van der Waals surface area contributed by atoms with Gasteiger partial charge >= 0.3 is 5.88 Å². The van der Waals surface area contributed by atoms with Crippen molar-refractivity contribution in [1.29, 1.82) is 0 Å². The van der Waals surface area contributed by atoms with Gasteiger partial charge in [0.05, 0.1) is 12.3 Å². The van der Waals surface area contributed by atoms with E-state index < -0.39 is 16.7 Å². The van der Waals surface area contributed by atoms with Gasteiger partial charge in [-0.05, 0) is 30.3 Å². The van der Waals surface area contributed by atoms with E-state index in [4.69, 9.17) is 9.15 Å². The smallest absolute Gasteiger partial charge is 0.433 e. The molecule has 0 fully saturated rings. The minimum atomic E-state index is -0.665. The lowest BCUT2D eigenvalue weighted by Gasteiger charge is -2.04. The maximum atomic E-state index is 11.5. The molecular weight excluding hydrogens is 358 g/mol. The fourth-order valence-electron chi connectivity index (χ4n) is 1.39. The number of rotatable bonds is 6. The van der Waals surface area contributed by atoms with Crippen molar-refractivity contribution in [3.63, 3.8) is 0 Å². The second kappa shape index (κ2) is 7.36. The molecule has 1 aromatic heterocycles. The summed E-state index contributed by atoms with van der Waals surface area (Å²) in [6.07, 6.45) is 1.16. The molecule has 0 aliphatic heterocycles. The van der Waals surface area contributed by atoms with Crippen molar-refractivity contribution in [3.8, 4) is 5.75 Å². The summed E-state index contributed by atoms with van der Waals surface area (Å²) >= 11 is 3.29. The highest BCUT2D eigenvalue weighted by Crippen LogP contribution is 2.16. The molecule has 0 saturated carbocycles. The number of hydrogen-bond donors (Lipinski definition) is 1. The highest BCUT2D eigenvalue weighted by atomic mass is 79.9. The Bertz CT molecular complexity index is 696. The lowest BCUT2D eigenvalue weighted by Crippen LogP contribution is -2.24. The number of halogens is 1. The minimum Gasteiger partial charge on any atom is -0.484 e. The molecule has 2 rings (SSSR count). The molecule has 114 valence electrons. The van der Waals surface area contributed by atoms with Gasteiger partial charge in [0.2, 0.25) is 0 Å². The number of ether oxygens (including phenoxy) is 1. The number of carbonyl (C=O) groups excluding carboxylic acids is 1. The minimum absolute atomic E-state index is 0.154. The van der Waals surface area contributed by atoms with Crippen LogP contribution in [0.5, 0.6) is 5.75 Å². The Labute approximate surface area is 133 Å². The van der Waals surface area contributed by atoms with Gasteiger partial charge in [-0.15, -0.1) is 0 Å². The molecular formula is C13H10BrN3O5. The summed E-state index contributed by atoms with van der Waals surface area (Å²) in [5.41, 5.74) is 2.22. The third-order valence-electron chi connectivity index (χ3n) is 2.36. The van der Waals surface area contributed by atoms with E-state index in [0.717, 1.165) is 10.7 Å². The molecule has 0 saturated heterocycles. The Morgan fingerprint density at radius 2 is 2.09 bits per heavy atom. The Hall–Kier alpha value is -2.68. The number of hydrogen-bond acceptors (Lipinski definition) is 6. The SMILES string of the molecule is O=C(COc1ccc(Br)cc1)NN=Cc1ccc([N+](=O)[O-])o1. The largest absolute Gasteiger partial charge is 0.484 e. The average Bonchev–Trinajstić information content (AvgIpc) is 2.96. The van der Waals surface area contributed by atoms with Gasteiger partial charge in [0.25, 0.3) is 5.91 Å². The molecule has 2 aromatic rings. The van der Waals surface area contributed by atoms with Crippen LogP contribution in [-0.4, -0.2) is 23.7 Å². The van der Waals surface area contributed by atoms with Gasteiger partial charge in [0.15, 0.2) is 12.4 Å². The summed E-state index contributed by atoms with van der Waals surface area (Å²) in [5, 5.41) is 14.0. The first kappa shape index (κ1) is 15.7. The zero-order valence-corrected chi connectivity index (χ0v) is 12.6. The summed E-state index contributed by atoms with van der Waals surface area (Å²) in [6, 6.07) is 9.56. The average molecular weight is 368 g/mol. The van der Waals surface area contributed by atoms with Gasteiger partial charge in [-0.3, -0.25) is 14.9 Å². The van der Waals surface area contributed by atoms with E-state index >= 15 is 0 Å². The van der Waals surface area contributed by atoms with Gasteiger partial charge in [0.1, 0.15) is 10.7 Å². The number of benzene rings is 1. The van der Waals surface area contributed by atoms with E-state index in [9.17, 15) is 14.9 Å². The van der Waals surface area contributed by atoms with Gasteiger partial charge in [0, 0.05) is 4.47 Å². The van der Waals surface area contributed by atoms with Crippen LogP contribution in [0.3, 0.4) is 0 Å². The topological polar surface area (TPSA) is 107 Å². The quantitative estimate of drug-likeness (QED) is 0.479. The monoisotopic (exact) mass is 367 g/mol. The number of hydrazone groups is 1. The molecule has 0 radical (unpaired) electrons. The Morgan fingerprint density at radius 1 is 1.36 bits per heavy atom. The van der Waals surface area contributed by atoms with Gasteiger partial charge in [-0.25, -0.2) is 5.43 Å². The second-order valence-electron chi connectivity index (χ2n) is 3.97. The second-order valence-corrected chi connectivity index (χ2v) is 4.88. The molecule has 22 heavy (non-hydrogen) atoms. The Balaban J connectivity index is 1.78. The van der Waals surface area contributed by atoms with E-state index in [1.807, 2.05) is 0 Å². The van der Waals surface area contributed by atoms with Gasteiger partial charge < -0.3 is 9.15 Å². The molecule has 9 heteroatoms. The van der Waals surface area contributed by atoms with Crippen molar-refractivity contribution in [3.05, 3.63) is 56.7 Å². The molecule has 0 spiro atoms. The van der Waals surface area contributed by atoms with Crippen molar-refractivity contribution in [2.24, 2.45) is 5.10 Å². The van der Waals surface area contributed by atoms with Crippen molar-refractivity contribution < 1.29 is 18.9 Å². The van der Waals surface area contributed by atoms with Crippen molar-refractivity contribution >= 4 is 33.9 Å². The van der Waals surface area contributed by atoms with Crippen LogP contribution in [0.15, 0.2) is 50.4 Å².